The maximum atomic E-state index is 15.0. The van der Waals surface area contributed by atoms with Gasteiger partial charge in [0.05, 0.1) is 32.4 Å². The van der Waals surface area contributed by atoms with Crippen molar-refractivity contribution in [1.29, 1.82) is 0 Å². The molecule has 1 aliphatic rings. The Hall–Kier alpha value is -12.0. The second kappa shape index (κ2) is 49.1. The quantitative estimate of drug-likeness (QED) is 0.0221. The first-order chi connectivity index (χ1) is 54.9. The van der Waals surface area contributed by atoms with Gasteiger partial charge in [0.25, 0.3) is 0 Å². The monoisotopic (exact) mass is 1660 g/mol. The van der Waals surface area contributed by atoms with Crippen molar-refractivity contribution in [2.75, 3.05) is 33.8 Å². The SMILES string of the molecule is CCC(C)C1NC(=O)C(C(C)CC(=O)O)NC(=O)C(CC(N)=O)NC(=O)CNC(=O)C(C(OC)C(=O)O)NC(=O)C(CCCCN)NC(=O)C(CC(=O)O)NC(=O)C(C)NC(=O)CN(C)C(=O)C(NC(=O)C(NC(=O)C(CCC(=O)O)NC(=O)C(Cc2c[nH]c3ccccc23)NC(=O)CCCCCCC(C)C)C(O)C(N)=O)C(C)OC1=O. The molecule has 2 aromatic rings. The number of fused-ring (bicyclic) bond motifs is 1. The highest BCUT2D eigenvalue weighted by Gasteiger charge is 2.44. The number of primary amides is 2. The molecule has 44 heteroatoms. The predicted octanol–water partition coefficient (Wildman–Crippen LogP) is -5.97. The first-order valence-corrected chi connectivity index (χ1v) is 37.9. The number of aliphatic hydroxyl groups is 1. The number of H-pyrrole nitrogens is 1. The number of aliphatic carboxylic acids is 4. The molecule has 117 heavy (non-hydrogen) atoms. The van der Waals surface area contributed by atoms with Crippen LogP contribution in [0, 0.1) is 17.8 Å². The van der Waals surface area contributed by atoms with Crippen molar-refractivity contribution in [2.45, 2.75) is 236 Å². The summed E-state index contributed by atoms with van der Waals surface area (Å²) >= 11 is 0. The van der Waals surface area contributed by atoms with Gasteiger partial charge in [-0.1, -0.05) is 84.9 Å². The second-order valence-electron chi connectivity index (χ2n) is 28.9. The fourth-order valence-corrected chi connectivity index (χ4v) is 12.1. The molecular weight excluding hydrogens is 1550 g/mol. The summed E-state index contributed by atoms with van der Waals surface area (Å²) in [5.41, 5.74) is 17.8. The van der Waals surface area contributed by atoms with Gasteiger partial charge < -0.3 is 126 Å². The van der Waals surface area contributed by atoms with Gasteiger partial charge in [-0.3, -0.25) is 86.3 Å². The van der Waals surface area contributed by atoms with Crippen LogP contribution in [0.5, 0.6) is 0 Å². The zero-order valence-electron chi connectivity index (χ0n) is 66.5. The number of methoxy groups -OCH3 is 1. The number of carbonyl (C=O) groups is 20. The van der Waals surface area contributed by atoms with Crippen molar-refractivity contribution in [3.05, 3.63) is 36.0 Å². The van der Waals surface area contributed by atoms with Crippen LogP contribution in [0.4, 0.5) is 0 Å². The number of nitrogens with one attached hydrogen (secondary N) is 13. The molecule has 0 aliphatic carbocycles. The fourth-order valence-electron chi connectivity index (χ4n) is 12.1. The van der Waals surface area contributed by atoms with Crippen LogP contribution in [-0.4, -0.2) is 272 Å². The van der Waals surface area contributed by atoms with Gasteiger partial charge in [-0.15, -0.1) is 0 Å². The number of carbonyl (C=O) groups excluding carboxylic acids is 16. The van der Waals surface area contributed by atoms with Gasteiger partial charge >= 0.3 is 29.8 Å². The van der Waals surface area contributed by atoms with E-state index in [0.717, 1.165) is 54.2 Å². The summed E-state index contributed by atoms with van der Waals surface area (Å²) < 4.78 is 10.8. The lowest BCUT2D eigenvalue weighted by Gasteiger charge is -2.33. The summed E-state index contributed by atoms with van der Waals surface area (Å²) in [4.78, 5) is 278. The number of amides is 15. The summed E-state index contributed by atoms with van der Waals surface area (Å²) in [5.74, 6) is -30.6. The molecule has 2 heterocycles. The summed E-state index contributed by atoms with van der Waals surface area (Å²) in [7, 11) is 1.70. The van der Waals surface area contributed by atoms with E-state index in [1.165, 1.54) is 13.8 Å². The number of aromatic nitrogens is 1. The zero-order chi connectivity index (χ0) is 88.2. The van der Waals surface area contributed by atoms with Gasteiger partial charge in [0.15, 0.2) is 12.2 Å². The first-order valence-electron chi connectivity index (χ1n) is 37.9. The van der Waals surface area contributed by atoms with Crippen molar-refractivity contribution >= 4 is 129 Å². The molecule has 15 amide bonds. The standard InChI is InChI=1S/C73H111N17O27/c1-10-35(4)55-73(115)117-38(7)56(87-70(111)57(59(101)61(76)102)88-64(105)43(24-25-51(95)96)83-65(106)44(28-39-31-77-41-21-16-15-20-40(39)41)80-48(92)23-14-12-11-13-19-34(2)3)71(112)90(8)33-50(94)79-37(6)62(103)84-46(30-53(99)100)66(107)82-42(22-17-18-26-74)63(104)89-58(60(116-9)72(113)114)68(109)78-32-49(93)81-45(29-47(75)91)67(108)85-54(69(110)86-55)36(5)27-52(97)98/h15-16,20-21,31,34-38,42-46,54-60,77,101H,10-14,17-19,22-30,32-33,74H2,1-9H3,(H2,75,91)(H2,76,102)(H,78,109)(H,79,94)(H,80,92)(H,81,93)(H,82,107)(H,83,106)(H,84,103)(H,85,108)(H,86,110)(H,87,111)(H,88,105)(H,89,104)(H,95,96)(H,97,98)(H,99,100)(H,113,114). The Kier molecular flexibility index (Phi) is 41.6. The number of esters is 1. The van der Waals surface area contributed by atoms with Crippen LogP contribution in [0.3, 0.4) is 0 Å². The first kappa shape index (κ1) is 99.2. The molecule has 1 aliphatic heterocycles. The van der Waals surface area contributed by atoms with Crippen LogP contribution >= 0.6 is 0 Å². The van der Waals surface area contributed by atoms with Gasteiger partial charge in [-0.2, -0.15) is 0 Å². The third-order valence-corrected chi connectivity index (χ3v) is 18.9. The van der Waals surface area contributed by atoms with Crippen molar-refractivity contribution < 1.29 is 131 Å². The molecule has 0 saturated carbocycles. The topological polar surface area (TPSA) is 702 Å². The number of aliphatic hydroxyl groups excluding tert-OH is 1. The number of aromatic amines is 1. The van der Waals surface area contributed by atoms with E-state index >= 15 is 4.79 Å². The van der Waals surface area contributed by atoms with Gasteiger partial charge in [0.2, 0.25) is 88.6 Å². The van der Waals surface area contributed by atoms with E-state index in [2.05, 4.69) is 72.0 Å². The average Bonchev–Trinajstić information content (AvgIpc) is 1.23. The molecule has 1 saturated heterocycles. The Morgan fingerprint density at radius 1 is 0.624 bits per heavy atom. The van der Waals surface area contributed by atoms with E-state index in [-0.39, 0.29) is 45.1 Å². The van der Waals surface area contributed by atoms with Gasteiger partial charge in [0.1, 0.15) is 72.6 Å². The molecule has 650 valence electrons. The molecule has 44 nitrogen and oxygen atoms in total. The number of rotatable bonds is 37. The van der Waals surface area contributed by atoms with Crippen molar-refractivity contribution in [3.63, 3.8) is 0 Å². The Balaban J connectivity index is 2.30. The molecule has 24 N–H and O–H groups in total. The second-order valence-corrected chi connectivity index (χ2v) is 28.9. The maximum absolute atomic E-state index is 15.0. The van der Waals surface area contributed by atoms with E-state index < -0.39 is 260 Å². The van der Waals surface area contributed by atoms with Crippen LogP contribution in [-0.2, 0) is 112 Å². The highest BCUT2D eigenvalue weighted by atomic mass is 16.5. The minimum Gasteiger partial charge on any atom is -0.481 e. The number of likely N-dealkylation sites (N-methyl/N-ethyl adjacent to an activating group) is 1. The van der Waals surface area contributed by atoms with E-state index in [1.54, 1.807) is 30.5 Å². The van der Waals surface area contributed by atoms with Crippen LogP contribution in [0.2, 0.25) is 0 Å². The van der Waals surface area contributed by atoms with E-state index in [1.807, 2.05) is 10.6 Å². The largest absolute Gasteiger partial charge is 0.481 e. The van der Waals surface area contributed by atoms with Gasteiger partial charge in [-0.05, 0) is 81.9 Å². The number of cyclic esters (lactones) is 1. The van der Waals surface area contributed by atoms with E-state index in [4.69, 9.17) is 26.7 Å². The van der Waals surface area contributed by atoms with Crippen LogP contribution in [0.1, 0.15) is 150 Å². The number of para-hydroxylation sites is 1. The summed E-state index contributed by atoms with van der Waals surface area (Å²) in [6, 6.07) is -15.8. The number of hydrogen-bond donors (Lipinski definition) is 21. The molecule has 3 rings (SSSR count). The van der Waals surface area contributed by atoms with Crippen molar-refractivity contribution in [1.82, 2.24) is 73.7 Å². The minimum absolute atomic E-state index is 0.00430. The maximum Gasteiger partial charge on any atom is 0.335 e. The molecule has 0 spiro atoms. The average molecular weight is 1660 g/mol. The predicted molar refractivity (Wildman–Crippen MR) is 408 cm³/mol. The van der Waals surface area contributed by atoms with Crippen molar-refractivity contribution in [3.8, 4) is 0 Å². The number of benzene rings is 1. The number of nitrogens with zero attached hydrogens (tertiary/aromatic N) is 1. The molecule has 16 unspecified atom stereocenters. The van der Waals surface area contributed by atoms with E-state index in [9.17, 15) is 117 Å². The third kappa shape index (κ3) is 33.4. The molecule has 1 aromatic heterocycles. The Morgan fingerprint density at radius 3 is 1.83 bits per heavy atom. The molecule has 1 aromatic carbocycles. The normalized spacial score (nSPS) is 22.1. The van der Waals surface area contributed by atoms with Gasteiger partial charge in [-0.25, -0.2) is 9.59 Å². The molecule has 1 fully saturated rings. The molecule has 0 radical (unpaired) electrons. The Labute approximate surface area is 672 Å². The van der Waals surface area contributed by atoms with Crippen LogP contribution < -0.4 is 81.0 Å². The zero-order valence-corrected chi connectivity index (χ0v) is 66.5. The molecule has 16 atom stereocenters. The van der Waals surface area contributed by atoms with Crippen LogP contribution in [0.15, 0.2) is 30.5 Å². The third-order valence-electron chi connectivity index (χ3n) is 18.9. The van der Waals surface area contributed by atoms with Crippen molar-refractivity contribution in [2.24, 2.45) is 35.0 Å². The smallest absolute Gasteiger partial charge is 0.335 e. The highest BCUT2D eigenvalue weighted by Crippen LogP contribution is 2.22. The summed E-state index contributed by atoms with van der Waals surface area (Å²) in [6.07, 6.45) is -7.20. The molecule has 0 bridgehead atoms. The number of nitrogens with two attached hydrogens (primary N) is 3. The number of carboxylic acids is 4. The van der Waals surface area contributed by atoms with Gasteiger partial charge in [0, 0.05) is 50.5 Å². The summed E-state index contributed by atoms with van der Waals surface area (Å²) in [5, 5.41) is 78.4. The van der Waals surface area contributed by atoms with E-state index in [0.29, 0.717) is 40.1 Å². The lowest BCUT2D eigenvalue weighted by Crippen LogP contribution is -2.64. The number of unbranched alkanes of at least 4 members (excludes halogenated alkanes) is 4. The summed E-state index contributed by atoms with van der Waals surface area (Å²) in [6.45, 7) is 7.74. The minimum atomic E-state index is -2.80. The number of hydrogen-bond acceptors (Lipinski definition) is 24. The molecular formula is C73H111N17O27. The Morgan fingerprint density at radius 2 is 1.23 bits per heavy atom. The Bertz CT molecular complexity index is 3890. The lowest BCUT2D eigenvalue weighted by molar-refractivity contribution is -0.159. The number of ether oxygens (including phenoxy) is 2. The fraction of sp³-hybridized carbons (Fsp3) is 0.616. The van der Waals surface area contributed by atoms with Crippen LogP contribution in [0.25, 0.3) is 10.9 Å². The number of carboxylic acid groups (broad SMARTS) is 4. The lowest BCUT2D eigenvalue weighted by atomic mass is 9.94. The highest BCUT2D eigenvalue weighted by molar-refractivity contribution is 6.03.